The number of carbonyl (C=O) groups excluding carboxylic acids is 1. The predicted octanol–water partition coefficient (Wildman–Crippen LogP) is 2.59. The molecule has 1 atom stereocenters. The number of allylic oxidation sites excluding steroid dienone is 1. The van der Waals surface area contributed by atoms with Crippen LogP contribution in [0.25, 0.3) is 5.57 Å². The summed E-state index contributed by atoms with van der Waals surface area (Å²) in [5, 5.41) is 9.21. The van der Waals surface area contributed by atoms with Crippen molar-refractivity contribution in [2.75, 3.05) is 0 Å². The highest BCUT2D eigenvalue weighted by Crippen LogP contribution is 2.17. The second-order valence-electron chi connectivity index (χ2n) is 3.85. The number of hydrogen-bond acceptors (Lipinski definition) is 2. The number of hydrogen-bond donors (Lipinski definition) is 1. The summed E-state index contributed by atoms with van der Waals surface area (Å²) in [5.74, 6) is -0.235. The van der Waals surface area contributed by atoms with E-state index in [4.69, 9.17) is 0 Å². The number of rotatable bonds is 3. The molecule has 1 aromatic rings. The molecule has 2 nitrogen and oxygen atoms in total. The van der Waals surface area contributed by atoms with Gasteiger partial charge in [-0.3, -0.25) is 4.79 Å². The van der Waals surface area contributed by atoms with Gasteiger partial charge < -0.3 is 5.11 Å². The largest absolute Gasteiger partial charge is 0.385 e. The van der Waals surface area contributed by atoms with E-state index < -0.39 is 6.10 Å². The average molecular weight is 204 g/mol. The molecule has 0 aliphatic heterocycles. The lowest BCUT2D eigenvalue weighted by atomic mass is 9.97. The Bertz CT molecular complexity index is 403. The Morgan fingerprint density at radius 2 is 2.07 bits per heavy atom. The quantitative estimate of drug-likeness (QED) is 0.768. The second kappa shape index (κ2) is 4.41. The summed E-state index contributed by atoms with van der Waals surface area (Å²) in [6.45, 7) is 9.11. The van der Waals surface area contributed by atoms with Gasteiger partial charge in [0.25, 0.3) is 0 Å². The van der Waals surface area contributed by atoms with Crippen LogP contribution in [0.3, 0.4) is 0 Å². The first kappa shape index (κ1) is 11.7. The van der Waals surface area contributed by atoms with Gasteiger partial charge in [-0.15, -0.1) is 0 Å². The zero-order valence-corrected chi connectivity index (χ0v) is 9.37. The summed E-state index contributed by atoms with van der Waals surface area (Å²) in [6.07, 6.45) is -0.945. The molecule has 0 aliphatic rings. The van der Waals surface area contributed by atoms with Gasteiger partial charge in [0.1, 0.15) is 6.10 Å². The standard InChI is InChI=1S/C13H16O2/c1-8(2)11-5-6-12(9(3)7-11)13(15)10(4)14/h5-7,10,14H,1H2,2-4H3. The van der Waals surface area contributed by atoms with E-state index in [0.29, 0.717) is 5.56 Å². The first-order valence-electron chi connectivity index (χ1n) is 4.92. The first-order valence-corrected chi connectivity index (χ1v) is 4.92. The zero-order valence-electron chi connectivity index (χ0n) is 9.37. The Balaban J connectivity index is 3.14. The molecule has 1 rings (SSSR count). The molecule has 0 amide bonds. The molecular weight excluding hydrogens is 188 g/mol. The molecule has 2 heteroatoms. The fourth-order valence-corrected chi connectivity index (χ4v) is 1.43. The minimum atomic E-state index is -0.945. The first-order chi connectivity index (χ1) is 6.93. The zero-order chi connectivity index (χ0) is 11.6. The molecule has 0 spiro atoms. The van der Waals surface area contributed by atoms with E-state index in [-0.39, 0.29) is 5.78 Å². The van der Waals surface area contributed by atoms with Crippen molar-refractivity contribution < 1.29 is 9.90 Å². The van der Waals surface area contributed by atoms with Crippen LogP contribution in [-0.4, -0.2) is 17.0 Å². The van der Waals surface area contributed by atoms with E-state index in [1.807, 2.05) is 26.0 Å². The number of benzene rings is 1. The summed E-state index contributed by atoms with van der Waals surface area (Å²) >= 11 is 0. The van der Waals surface area contributed by atoms with Crippen LogP contribution in [0.4, 0.5) is 0 Å². The molecule has 0 fully saturated rings. The highest BCUT2D eigenvalue weighted by molar-refractivity contribution is 6.00. The maximum atomic E-state index is 11.6. The van der Waals surface area contributed by atoms with Gasteiger partial charge in [-0.1, -0.05) is 30.4 Å². The van der Waals surface area contributed by atoms with E-state index in [1.165, 1.54) is 6.92 Å². The molecule has 15 heavy (non-hydrogen) atoms. The van der Waals surface area contributed by atoms with Crippen molar-refractivity contribution in [1.82, 2.24) is 0 Å². The third-order valence-corrected chi connectivity index (χ3v) is 2.36. The van der Waals surface area contributed by atoms with Gasteiger partial charge >= 0.3 is 0 Å². The highest BCUT2D eigenvalue weighted by Gasteiger charge is 2.14. The molecule has 1 N–H and O–H groups in total. The lowest BCUT2D eigenvalue weighted by molar-refractivity contribution is 0.0779. The molecule has 0 saturated carbocycles. The van der Waals surface area contributed by atoms with E-state index in [1.54, 1.807) is 6.07 Å². The van der Waals surface area contributed by atoms with Crippen molar-refractivity contribution in [2.45, 2.75) is 26.9 Å². The van der Waals surface area contributed by atoms with Crippen LogP contribution in [0.5, 0.6) is 0 Å². The molecule has 1 unspecified atom stereocenters. The van der Waals surface area contributed by atoms with E-state index in [2.05, 4.69) is 6.58 Å². The number of ketones is 1. The number of Topliss-reactive ketones (excluding diaryl/α,β-unsaturated/α-hetero) is 1. The number of aryl methyl sites for hydroxylation is 1. The Labute approximate surface area is 90.3 Å². The van der Waals surface area contributed by atoms with Crippen molar-refractivity contribution in [3.05, 3.63) is 41.5 Å². The summed E-state index contributed by atoms with van der Waals surface area (Å²) in [7, 11) is 0. The van der Waals surface area contributed by atoms with Gasteiger partial charge in [0.05, 0.1) is 0 Å². The summed E-state index contributed by atoms with van der Waals surface area (Å²) in [5.41, 5.74) is 3.44. The second-order valence-corrected chi connectivity index (χ2v) is 3.85. The topological polar surface area (TPSA) is 37.3 Å². The summed E-state index contributed by atoms with van der Waals surface area (Å²) in [6, 6.07) is 5.51. The Morgan fingerprint density at radius 1 is 1.47 bits per heavy atom. The minimum absolute atomic E-state index is 0.235. The molecule has 0 saturated heterocycles. The van der Waals surface area contributed by atoms with Gasteiger partial charge in [0.2, 0.25) is 0 Å². The molecule has 0 aliphatic carbocycles. The van der Waals surface area contributed by atoms with Crippen LogP contribution in [0.15, 0.2) is 24.8 Å². The lowest BCUT2D eigenvalue weighted by Gasteiger charge is -2.09. The van der Waals surface area contributed by atoms with Crippen molar-refractivity contribution in [3.8, 4) is 0 Å². The van der Waals surface area contributed by atoms with E-state index >= 15 is 0 Å². The van der Waals surface area contributed by atoms with Crippen LogP contribution in [0.2, 0.25) is 0 Å². The smallest absolute Gasteiger partial charge is 0.191 e. The SMILES string of the molecule is C=C(C)c1ccc(C(=O)C(C)O)c(C)c1. The van der Waals surface area contributed by atoms with Crippen molar-refractivity contribution in [2.24, 2.45) is 0 Å². The van der Waals surface area contributed by atoms with Gasteiger partial charge in [0.15, 0.2) is 5.78 Å². The van der Waals surface area contributed by atoms with Gasteiger partial charge in [-0.25, -0.2) is 0 Å². The summed E-state index contributed by atoms with van der Waals surface area (Å²) < 4.78 is 0. The van der Waals surface area contributed by atoms with Crippen molar-refractivity contribution in [3.63, 3.8) is 0 Å². The molecular formula is C13H16O2. The van der Waals surface area contributed by atoms with Crippen LogP contribution in [0.1, 0.15) is 35.3 Å². The highest BCUT2D eigenvalue weighted by atomic mass is 16.3. The predicted molar refractivity (Wildman–Crippen MR) is 61.9 cm³/mol. The van der Waals surface area contributed by atoms with Crippen LogP contribution in [0, 0.1) is 6.92 Å². The average Bonchev–Trinajstić information content (AvgIpc) is 2.16. The molecule has 0 aromatic heterocycles. The third-order valence-electron chi connectivity index (χ3n) is 2.36. The Kier molecular flexibility index (Phi) is 3.43. The maximum Gasteiger partial charge on any atom is 0.191 e. The van der Waals surface area contributed by atoms with E-state index in [0.717, 1.165) is 16.7 Å². The van der Waals surface area contributed by atoms with Crippen LogP contribution >= 0.6 is 0 Å². The monoisotopic (exact) mass is 204 g/mol. The molecule has 1 aromatic carbocycles. The number of aliphatic hydroxyl groups is 1. The normalized spacial score (nSPS) is 12.3. The minimum Gasteiger partial charge on any atom is -0.385 e. The fraction of sp³-hybridized carbons (Fsp3) is 0.308. The Morgan fingerprint density at radius 3 is 2.47 bits per heavy atom. The van der Waals surface area contributed by atoms with Gasteiger partial charge in [0, 0.05) is 5.56 Å². The van der Waals surface area contributed by atoms with E-state index in [9.17, 15) is 9.90 Å². The van der Waals surface area contributed by atoms with Gasteiger partial charge in [-0.2, -0.15) is 0 Å². The fourth-order valence-electron chi connectivity index (χ4n) is 1.43. The van der Waals surface area contributed by atoms with Crippen molar-refractivity contribution >= 4 is 11.4 Å². The number of carbonyl (C=O) groups is 1. The van der Waals surface area contributed by atoms with Gasteiger partial charge in [-0.05, 0) is 31.9 Å². The van der Waals surface area contributed by atoms with Crippen LogP contribution in [-0.2, 0) is 0 Å². The molecule has 0 bridgehead atoms. The molecule has 80 valence electrons. The summed E-state index contributed by atoms with van der Waals surface area (Å²) in [4.78, 5) is 11.6. The Hall–Kier alpha value is -1.41. The lowest BCUT2D eigenvalue weighted by Crippen LogP contribution is -2.17. The molecule has 0 heterocycles. The maximum absolute atomic E-state index is 11.6. The van der Waals surface area contributed by atoms with Crippen molar-refractivity contribution in [1.29, 1.82) is 0 Å². The third kappa shape index (κ3) is 2.54. The van der Waals surface area contributed by atoms with Crippen LogP contribution < -0.4 is 0 Å². The number of aliphatic hydroxyl groups excluding tert-OH is 1. The molecule has 0 radical (unpaired) electrons.